The summed E-state index contributed by atoms with van der Waals surface area (Å²) in [7, 11) is 1.84. The minimum absolute atomic E-state index is 0.129. The van der Waals surface area contributed by atoms with Gasteiger partial charge in [0.25, 0.3) is 0 Å². The Morgan fingerprint density at radius 1 is 1.45 bits per heavy atom. The predicted octanol–water partition coefficient (Wildman–Crippen LogP) is -3.34. The van der Waals surface area contributed by atoms with Crippen molar-refractivity contribution in [1.29, 1.82) is 0 Å². The van der Waals surface area contributed by atoms with E-state index < -0.39 is 18.1 Å². The molecule has 3 aliphatic heterocycles. The molecule has 0 bridgehead atoms. The fourth-order valence-corrected chi connectivity index (χ4v) is 3.62. The van der Waals surface area contributed by atoms with Crippen molar-refractivity contribution >= 4 is 11.9 Å². The Morgan fingerprint density at radius 3 is 2.91 bits per heavy atom. The molecule has 9 nitrogen and oxygen atoms in total. The molecule has 0 aromatic carbocycles. The molecule has 0 aromatic heterocycles. The lowest BCUT2D eigenvalue weighted by Crippen LogP contribution is -2.52. The van der Waals surface area contributed by atoms with Crippen LogP contribution in [0, 0.1) is 5.92 Å². The summed E-state index contributed by atoms with van der Waals surface area (Å²) < 4.78 is 5.31. The zero-order valence-corrected chi connectivity index (χ0v) is 12.0. The molecule has 120 valence electrons. The number of carbonyl (C=O) groups is 1. The fourth-order valence-electron chi connectivity index (χ4n) is 3.62. The molecule has 2 fully saturated rings. The van der Waals surface area contributed by atoms with Crippen LogP contribution < -0.4 is 16.4 Å². The summed E-state index contributed by atoms with van der Waals surface area (Å²) in [6, 6.07) is -0.328. The standard InChI is InChI=1S/C13H19N5O4/c1-18-3-4(5-11(18)16-13(14)17-12(5)21)2-15-6-7(19)8(20)10-9(6)22-10/h3,5-11,15,19-20H,2H2,1H3,(H3,14,16,17,21). The van der Waals surface area contributed by atoms with E-state index >= 15 is 0 Å². The lowest BCUT2D eigenvalue weighted by Gasteiger charge is -2.28. The van der Waals surface area contributed by atoms with Crippen molar-refractivity contribution in [3.05, 3.63) is 11.8 Å². The number of aliphatic imine (C=N–C) groups is 1. The van der Waals surface area contributed by atoms with Crippen molar-refractivity contribution in [3.63, 3.8) is 0 Å². The van der Waals surface area contributed by atoms with Crippen LogP contribution >= 0.6 is 0 Å². The second-order valence-corrected chi connectivity index (χ2v) is 6.22. The highest BCUT2D eigenvalue weighted by atomic mass is 16.6. The van der Waals surface area contributed by atoms with E-state index in [4.69, 9.17) is 10.5 Å². The van der Waals surface area contributed by atoms with Crippen molar-refractivity contribution in [2.75, 3.05) is 13.6 Å². The molecule has 22 heavy (non-hydrogen) atoms. The molecule has 3 heterocycles. The smallest absolute Gasteiger partial charge is 0.238 e. The molecule has 1 saturated heterocycles. The molecule has 4 aliphatic rings. The van der Waals surface area contributed by atoms with Crippen molar-refractivity contribution < 1.29 is 19.7 Å². The third kappa shape index (κ3) is 1.93. The predicted molar refractivity (Wildman–Crippen MR) is 75.4 cm³/mol. The van der Waals surface area contributed by atoms with Gasteiger partial charge < -0.3 is 30.9 Å². The first-order valence-corrected chi connectivity index (χ1v) is 7.29. The van der Waals surface area contributed by atoms with Gasteiger partial charge in [-0.25, -0.2) is 4.99 Å². The first-order valence-electron chi connectivity index (χ1n) is 7.29. The van der Waals surface area contributed by atoms with Crippen molar-refractivity contribution in [2.45, 2.75) is 36.6 Å². The van der Waals surface area contributed by atoms with Crippen LogP contribution in [0.25, 0.3) is 0 Å². The van der Waals surface area contributed by atoms with Gasteiger partial charge in [0.2, 0.25) is 5.91 Å². The highest BCUT2D eigenvalue weighted by Gasteiger charge is 2.61. The number of guanidine groups is 1. The fraction of sp³-hybridized carbons (Fsp3) is 0.692. The normalized spacial score (nSPS) is 45.9. The maximum Gasteiger partial charge on any atom is 0.238 e. The monoisotopic (exact) mass is 309 g/mol. The second kappa shape index (κ2) is 4.66. The summed E-state index contributed by atoms with van der Waals surface area (Å²) in [4.78, 5) is 18.2. The Hall–Kier alpha value is -1.68. The van der Waals surface area contributed by atoms with Crippen molar-refractivity contribution in [1.82, 2.24) is 15.5 Å². The Bertz CT molecular complexity index is 579. The Morgan fingerprint density at radius 2 is 2.23 bits per heavy atom. The van der Waals surface area contributed by atoms with Crippen LogP contribution in [-0.4, -0.2) is 77.2 Å². The number of carbonyl (C=O) groups excluding carboxylic acids is 1. The molecule has 1 saturated carbocycles. The van der Waals surface area contributed by atoms with Gasteiger partial charge in [-0.1, -0.05) is 0 Å². The topological polar surface area (TPSA) is 136 Å². The van der Waals surface area contributed by atoms with Crippen molar-refractivity contribution in [3.8, 4) is 0 Å². The number of nitrogens with one attached hydrogen (secondary N) is 2. The average molecular weight is 309 g/mol. The van der Waals surface area contributed by atoms with Gasteiger partial charge in [0.15, 0.2) is 5.96 Å². The van der Waals surface area contributed by atoms with Gasteiger partial charge in [-0.3, -0.25) is 10.1 Å². The highest BCUT2D eigenvalue weighted by Crippen LogP contribution is 2.39. The molecule has 1 amide bonds. The summed E-state index contributed by atoms with van der Waals surface area (Å²) >= 11 is 0. The molecule has 7 unspecified atom stereocenters. The number of rotatable bonds is 3. The van der Waals surface area contributed by atoms with Gasteiger partial charge in [0.1, 0.15) is 36.5 Å². The van der Waals surface area contributed by atoms with Crippen molar-refractivity contribution in [2.24, 2.45) is 16.6 Å². The first kappa shape index (κ1) is 13.9. The number of epoxide rings is 1. The number of aliphatic hydroxyl groups is 2. The summed E-state index contributed by atoms with van der Waals surface area (Å²) in [6.07, 6.45) is -0.592. The number of aliphatic hydroxyl groups excluding tert-OH is 2. The molecule has 0 spiro atoms. The molecular formula is C13H19N5O4. The van der Waals surface area contributed by atoms with E-state index in [0.717, 1.165) is 5.57 Å². The molecular weight excluding hydrogens is 290 g/mol. The second-order valence-electron chi connectivity index (χ2n) is 6.22. The Balaban J connectivity index is 1.45. The number of fused-ring (bicyclic) bond motifs is 2. The lowest BCUT2D eigenvalue weighted by atomic mass is 9.97. The maximum atomic E-state index is 12.1. The van der Waals surface area contributed by atoms with Gasteiger partial charge in [-0.2, -0.15) is 0 Å². The van der Waals surface area contributed by atoms with E-state index in [0.29, 0.717) is 6.54 Å². The number of hydrogen-bond donors (Lipinski definition) is 5. The van der Waals surface area contributed by atoms with E-state index in [1.807, 2.05) is 18.1 Å². The molecule has 0 radical (unpaired) electrons. The third-order valence-electron chi connectivity index (χ3n) is 4.80. The van der Waals surface area contributed by atoms with Crippen LogP contribution in [0.1, 0.15) is 0 Å². The number of nitrogens with two attached hydrogens (primary N) is 1. The molecule has 9 heteroatoms. The SMILES string of the molecule is CN1C=C(CNC2C(O)C(O)C3OC23)C2C(=O)NC(N)=NC21. The van der Waals surface area contributed by atoms with Gasteiger partial charge in [0, 0.05) is 19.8 Å². The summed E-state index contributed by atoms with van der Waals surface area (Å²) in [5.74, 6) is -0.448. The lowest BCUT2D eigenvalue weighted by molar-refractivity contribution is -0.124. The zero-order valence-electron chi connectivity index (χ0n) is 12.0. The summed E-state index contributed by atoms with van der Waals surface area (Å²) in [5, 5.41) is 25.4. The van der Waals surface area contributed by atoms with Crippen LogP contribution in [0.3, 0.4) is 0 Å². The molecule has 1 aliphatic carbocycles. The Labute approximate surface area is 126 Å². The van der Waals surface area contributed by atoms with E-state index in [1.54, 1.807) is 0 Å². The van der Waals surface area contributed by atoms with E-state index in [2.05, 4.69) is 15.6 Å². The van der Waals surface area contributed by atoms with Crippen LogP contribution in [0.2, 0.25) is 0 Å². The Kier molecular flexibility index (Phi) is 2.95. The maximum absolute atomic E-state index is 12.1. The number of hydrogen-bond acceptors (Lipinski definition) is 8. The summed E-state index contributed by atoms with van der Waals surface area (Å²) in [5.41, 5.74) is 6.46. The number of ether oxygens (including phenoxy) is 1. The quantitative estimate of drug-likeness (QED) is 0.344. The average Bonchev–Trinajstić information content (AvgIpc) is 3.12. The van der Waals surface area contributed by atoms with E-state index in [-0.39, 0.29) is 36.3 Å². The number of amides is 1. The minimum atomic E-state index is -0.854. The highest BCUT2D eigenvalue weighted by molar-refractivity contribution is 6.01. The van der Waals surface area contributed by atoms with Crippen LogP contribution in [0.5, 0.6) is 0 Å². The van der Waals surface area contributed by atoms with Crippen LogP contribution in [0.15, 0.2) is 16.8 Å². The van der Waals surface area contributed by atoms with Crippen LogP contribution in [-0.2, 0) is 9.53 Å². The molecule has 0 aromatic rings. The van der Waals surface area contributed by atoms with Gasteiger partial charge in [-0.15, -0.1) is 0 Å². The largest absolute Gasteiger partial charge is 0.389 e. The third-order valence-corrected chi connectivity index (χ3v) is 4.80. The first-order chi connectivity index (χ1) is 10.5. The molecule has 7 atom stereocenters. The van der Waals surface area contributed by atoms with E-state index in [1.165, 1.54) is 0 Å². The van der Waals surface area contributed by atoms with Crippen LogP contribution in [0.4, 0.5) is 0 Å². The molecule has 6 N–H and O–H groups in total. The van der Waals surface area contributed by atoms with Gasteiger partial charge >= 0.3 is 0 Å². The zero-order chi connectivity index (χ0) is 15.6. The molecule has 4 rings (SSSR count). The van der Waals surface area contributed by atoms with Gasteiger partial charge in [-0.05, 0) is 5.57 Å². The van der Waals surface area contributed by atoms with E-state index in [9.17, 15) is 15.0 Å². The van der Waals surface area contributed by atoms with Gasteiger partial charge in [0.05, 0.1) is 6.04 Å². The minimum Gasteiger partial charge on any atom is -0.389 e. The number of nitrogens with zero attached hydrogens (tertiary/aromatic N) is 2. The summed E-state index contributed by atoms with van der Waals surface area (Å²) in [6.45, 7) is 0.412.